The van der Waals surface area contributed by atoms with Gasteiger partial charge in [-0.1, -0.05) is 12.1 Å². The van der Waals surface area contributed by atoms with E-state index in [1.807, 2.05) is 16.0 Å². The Morgan fingerprint density at radius 1 is 0.614 bits per heavy atom. The van der Waals surface area contributed by atoms with Gasteiger partial charge >= 0.3 is 5.97 Å². The monoisotopic (exact) mass is 812 g/mol. The molecular formula is C32H48N10O15. The third kappa shape index (κ3) is 17.3. The number of nitrogens with one attached hydrogen (secondary N) is 6. The Labute approximate surface area is 323 Å². The summed E-state index contributed by atoms with van der Waals surface area (Å²) < 4.78 is 0. The molecule has 57 heavy (non-hydrogen) atoms. The van der Waals surface area contributed by atoms with Crippen LogP contribution in [0.25, 0.3) is 0 Å². The zero-order valence-electron chi connectivity index (χ0n) is 30.5. The smallest absolute Gasteiger partial charge is 0.303 e. The topological polar surface area (TPSA) is 448 Å². The SMILES string of the molecule is C[C@@H](O)[C@H](NC(=O)[C@@H](CO)NC(=O)[C@H](CCC(=O)O)NC(=O)[C@H](CO)NC(=O)[C@@H](CC(N)=O)NC(=O)[C@@H](Cc1ccc(O)cc1)NC(=O)[C@@H](N)CC(N)=O)C(N)=O. The maximum atomic E-state index is 13.5. The Bertz CT molecular complexity index is 1640. The van der Waals surface area contributed by atoms with Gasteiger partial charge in [-0.2, -0.15) is 0 Å². The van der Waals surface area contributed by atoms with Gasteiger partial charge in [-0.3, -0.25) is 47.9 Å². The van der Waals surface area contributed by atoms with Crippen LogP contribution in [0.1, 0.15) is 38.2 Å². The number of benzene rings is 1. The predicted molar refractivity (Wildman–Crippen MR) is 191 cm³/mol. The summed E-state index contributed by atoms with van der Waals surface area (Å²) in [6.45, 7) is -1.16. The highest BCUT2D eigenvalue weighted by atomic mass is 16.4. The van der Waals surface area contributed by atoms with E-state index in [0.29, 0.717) is 5.56 Å². The minimum Gasteiger partial charge on any atom is -0.508 e. The lowest BCUT2D eigenvalue weighted by Crippen LogP contribution is -2.61. The van der Waals surface area contributed by atoms with Crippen molar-refractivity contribution >= 4 is 59.1 Å². The van der Waals surface area contributed by atoms with E-state index < -0.39 is 146 Å². The van der Waals surface area contributed by atoms with Gasteiger partial charge in [0.25, 0.3) is 0 Å². The molecule has 19 N–H and O–H groups in total. The number of phenols is 1. The Morgan fingerprint density at radius 3 is 1.49 bits per heavy atom. The third-order valence-electron chi connectivity index (χ3n) is 7.80. The first-order valence-electron chi connectivity index (χ1n) is 16.9. The number of amides is 9. The van der Waals surface area contributed by atoms with Gasteiger partial charge in [0.1, 0.15) is 42.0 Å². The fraction of sp³-hybridized carbons (Fsp3) is 0.500. The molecular weight excluding hydrogens is 764 g/mol. The number of aliphatic carboxylic acids is 1. The lowest BCUT2D eigenvalue weighted by molar-refractivity contribution is -0.139. The maximum absolute atomic E-state index is 13.5. The molecule has 0 aliphatic heterocycles. The molecule has 0 aromatic heterocycles. The van der Waals surface area contributed by atoms with Crippen molar-refractivity contribution < 1.29 is 73.5 Å². The lowest BCUT2D eigenvalue weighted by atomic mass is 10.0. The zero-order valence-corrected chi connectivity index (χ0v) is 30.5. The molecule has 0 aliphatic rings. The molecule has 0 fully saturated rings. The minimum atomic E-state index is -1.96. The van der Waals surface area contributed by atoms with Gasteiger partial charge in [-0.25, -0.2) is 0 Å². The standard InChI is InChI=1S/C32H48N10O15/c1-13(45)25(26(36)51)42-32(57)21(12-44)40-28(53)17(6-7-24(49)50)37-31(56)20(11-43)41-30(55)19(10-23(35)48)39-29(54)18(8-14-2-4-15(46)5-3-14)38-27(52)16(33)9-22(34)47/h2-5,13,16-21,25,43-46H,6-12,33H2,1H3,(H2,34,47)(H2,35,48)(H2,36,51)(H,37,56)(H,38,52)(H,39,54)(H,40,53)(H,41,55)(H,42,57)(H,49,50)/t13-,16+,17+,18-,19-,20+,21-,25+/m1/s1. The second-order valence-corrected chi connectivity index (χ2v) is 12.6. The highest BCUT2D eigenvalue weighted by molar-refractivity contribution is 5.99. The molecule has 0 unspecified atom stereocenters. The quantitative estimate of drug-likeness (QED) is 0.0436. The average molecular weight is 813 g/mol. The van der Waals surface area contributed by atoms with E-state index in [2.05, 4.69) is 16.0 Å². The van der Waals surface area contributed by atoms with Crippen LogP contribution in [0.4, 0.5) is 0 Å². The minimum absolute atomic E-state index is 0.132. The van der Waals surface area contributed by atoms with E-state index in [4.69, 9.17) is 22.9 Å². The number of aliphatic hydroxyl groups excluding tert-OH is 3. The molecule has 0 saturated carbocycles. The molecule has 1 rings (SSSR count). The molecule has 316 valence electrons. The second kappa shape index (κ2) is 23.5. The first-order valence-corrected chi connectivity index (χ1v) is 16.9. The van der Waals surface area contributed by atoms with Gasteiger partial charge in [0, 0.05) is 12.8 Å². The molecule has 0 spiro atoms. The number of carbonyl (C=O) groups excluding carboxylic acids is 9. The van der Waals surface area contributed by atoms with Crippen molar-refractivity contribution in [1.29, 1.82) is 0 Å². The molecule has 0 saturated heterocycles. The third-order valence-corrected chi connectivity index (χ3v) is 7.80. The average Bonchev–Trinajstić information content (AvgIpc) is 3.12. The van der Waals surface area contributed by atoms with Crippen molar-refractivity contribution in [2.45, 2.75) is 87.4 Å². The molecule has 0 radical (unpaired) electrons. The highest BCUT2D eigenvalue weighted by Crippen LogP contribution is 2.12. The molecule has 0 bridgehead atoms. The van der Waals surface area contributed by atoms with Crippen molar-refractivity contribution in [2.75, 3.05) is 13.2 Å². The van der Waals surface area contributed by atoms with Crippen LogP contribution in [0.15, 0.2) is 24.3 Å². The molecule has 25 heteroatoms. The van der Waals surface area contributed by atoms with Gasteiger partial charge < -0.3 is 80.4 Å². The number of hydrogen-bond acceptors (Lipinski definition) is 15. The fourth-order valence-electron chi connectivity index (χ4n) is 4.77. The van der Waals surface area contributed by atoms with Gasteiger partial charge in [-0.15, -0.1) is 0 Å². The molecule has 8 atom stereocenters. The maximum Gasteiger partial charge on any atom is 0.303 e. The molecule has 1 aromatic carbocycles. The van der Waals surface area contributed by atoms with Gasteiger partial charge in [-0.05, 0) is 31.0 Å². The number of phenolic OH excluding ortho intramolecular Hbond substituents is 1. The van der Waals surface area contributed by atoms with Gasteiger partial charge in [0.05, 0.1) is 38.2 Å². The number of carboxylic acids is 1. The number of hydrogen-bond donors (Lipinski definition) is 15. The molecule has 25 nitrogen and oxygen atoms in total. The molecule has 0 aliphatic carbocycles. The summed E-state index contributed by atoms with van der Waals surface area (Å²) in [6, 6.07) is -6.83. The first-order chi connectivity index (χ1) is 26.6. The van der Waals surface area contributed by atoms with E-state index in [-0.39, 0.29) is 12.2 Å². The number of carbonyl (C=O) groups is 10. The Balaban J connectivity index is 3.27. The van der Waals surface area contributed by atoms with Crippen LogP contribution in [-0.2, 0) is 54.4 Å². The van der Waals surface area contributed by atoms with Gasteiger partial charge in [0.15, 0.2) is 0 Å². The van der Waals surface area contributed by atoms with E-state index in [1.54, 1.807) is 0 Å². The summed E-state index contributed by atoms with van der Waals surface area (Å²) in [5, 5.41) is 60.8. The summed E-state index contributed by atoms with van der Waals surface area (Å²) >= 11 is 0. The molecule has 9 amide bonds. The summed E-state index contributed by atoms with van der Waals surface area (Å²) in [5.41, 5.74) is 21.5. The Hall–Kier alpha value is -6.44. The van der Waals surface area contributed by atoms with Crippen LogP contribution < -0.4 is 54.8 Å². The number of carboxylic acid groups (broad SMARTS) is 1. The van der Waals surface area contributed by atoms with E-state index in [0.717, 1.165) is 6.92 Å². The van der Waals surface area contributed by atoms with Crippen molar-refractivity contribution in [1.82, 2.24) is 31.9 Å². The summed E-state index contributed by atoms with van der Waals surface area (Å²) in [6.07, 6.45) is -4.69. The van der Waals surface area contributed by atoms with E-state index in [1.165, 1.54) is 24.3 Å². The van der Waals surface area contributed by atoms with Crippen molar-refractivity contribution in [3.8, 4) is 5.75 Å². The summed E-state index contributed by atoms with van der Waals surface area (Å²) in [4.78, 5) is 125. The van der Waals surface area contributed by atoms with E-state index in [9.17, 15) is 73.5 Å². The van der Waals surface area contributed by atoms with Crippen LogP contribution in [0.3, 0.4) is 0 Å². The van der Waals surface area contributed by atoms with Crippen LogP contribution in [-0.4, -0.2) is 146 Å². The predicted octanol–water partition coefficient (Wildman–Crippen LogP) is -8.36. The summed E-state index contributed by atoms with van der Waals surface area (Å²) in [7, 11) is 0. The first kappa shape index (κ1) is 48.6. The fourth-order valence-corrected chi connectivity index (χ4v) is 4.77. The summed E-state index contributed by atoms with van der Waals surface area (Å²) in [5.74, 6) is -12.0. The van der Waals surface area contributed by atoms with Crippen LogP contribution in [0, 0.1) is 0 Å². The van der Waals surface area contributed by atoms with Crippen LogP contribution in [0.2, 0.25) is 0 Å². The Kier molecular flexibility index (Phi) is 20.0. The number of aromatic hydroxyl groups is 1. The zero-order chi connectivity index (χ0) is 43.6. The van der Waals surface area contributed by atoms with Crippen LogP contribution >= 0.6 is 0 Å². The van der Waals surface area contributed by atoms with Crippen molar-refractivity contribution in [3.63, 3.8) is 0 Å². The molecule has 1 aromatic rings. The van der Waals surface area contributed by atoms with Crippen LogP contribution in [0.5, 0.6) is 5.75 Å². The largest absolute Gasteiger partial charge is 0.508 e. The normalized spacial score (nSPS) is 15.0. The lowest BCUT2D eigenvalue weighted by Gasteiger charge is -2.26. The molecule has 0 heterocycles. The number of aliphatic hydroxyl groups is 3. The Morgan fingerprint density at radius 2 is 1.04 bits per heavy atom. The second-order valence-electron chi connectivity index (χ2n) is 12.6. The van der Waals surface area contributed by atoms with Crippen molar-refractivity contribution in [3.05, 3.63) is 29.8 Å². The van der Waals surface area contributed by atoms with E-state index >= 15 is 0 Å². The number of primary amides is 3. The van der Waals surface area contributed by atoms with Crippen molar-refractivity contribution in [2.24, 2.45) is 22.9 Å². The number of rotatable bonds is 25. The van der Waals surface area contributed by atoms with Gasteiger partial charge in [0.2, 0.25) is 53.2 Å². The highest BCUT2D eigenvalue weighted by Gasteiger charge is 2.34. The number of nitrogens with two attached hydrogens (primary N) is 4.